The number of nitrogens with zero attached hydrogens (tertiary/aromatic N) is 3. The Labute approximate surface area is 216 Å². The fourth-order valence-electron chi connectivity index (χ4n) is 4.53. The van der Waals surface area contributed by atoms with Gasteiger partial charge < -0.3 is 0 Å². The molecule has 0 spiro atoms. The monoisotopic (exact) mass is 532 g/mol. The molecule has 192 valence electrons. The van der Waals surface area contributed by atoms with Gasteiger partial charge in [-0.3, -0.25) is 0 Å². The molecule has 4 rings (SSSR count). The van der Waals surface area contributed by atoms with E-state index in [-0.39, 0.29) is 17.4 Å². The van der Waals surface area contributed by atoms with Gasteiger partial charge in [-0.2, -0.15) is 17.7 Å². The average molecular weight is 533 g/mol. The van der Waals surface area contributed by atoms with E-state index in [1.54, 1.807) is 5.01 Å². The zero-order valence-electron chi connectivity index (χ0n) is 20.1. The highest BCUT2D eigenvalue weighted by molar-refractivity contribution is 7.92. The third-order valence-electron chi connectivity index (χ3n) is 6.22. The molecule has 0 aliphatic carbocycles. The Morgan fingerprint density at radius 1 is 1.11 bits per heavy atom. The quantitative estimate of drug-likeness (QED) is 0.371. The van der Waals surface area contributed by atoms with E-state index < -0.39 is 21.7 Å². The highest BCUT2D eigenvalue weighted by Gasteiger charge is 2.24. The van der Waals surface area contributed by atoms with E-state index in [1.165, 1.54) is 22.9 Å². The van der Waals surface area contributed by atoms with Crippen LogP contribution in [0.2, 0.25) is 0 Å². The van der Waals surface area contributed by atoms with E-state index in [4.69, 9.17) is 0 Å². The number of sulfonamides is 1. The third kappa shape index (κ3) is 6.42. The molecule has 2 aromatic carbocycles. The molecule has 36 heavy (non-hydrogen) atoms. The number of aromatic nitrogens is 2. The van der Waals surface area contributed by atoms with Crippen molar-refractivity contribution in [2.45, 2.75) is 44.3 Å². The van der Waals surface area contributed by atoms with Gasteiger partial charge in [0.25, 0.3) is 0 Å². The lowest BCUT2D eigenvalue weighted by atomic mass is 9.94. The van der Waals surface area contributed by atoms with Crippen LogP contribution in [0.1, 0.15) is 54.6 Å². The van der Waals surface area contributed by atoms with Crippen molar-refractivity contribution in [1.82, 2.24) is 19.6 Å². The first-order chi connectivity index (χ1) is 17.3. The molecule has 2 heterocycles. The number of thiol groups is 1. The fourth-order valence-corrected chi connectivity index (χ4v) is 5.77. The van der Waals surface area contributed by atoms with Crippen molar-refractivity contribution in [2.75, 3.05) is 13.1 Å². The van der Waals surface area contributed by atoms with E-state index in [0.717, 1.165) is 36.3 Å². The first-order valence-electron chi connectivity index (χ1n) is 11.9. The molecular formula is C26H30F2N4O2S2. The van der Waals surface area contributed by atoms with Crippen LogP contribution >= 0.6 is 12.6 Å². The number of rotatable bonds is 9. The maximum absolute atomic E-state index is 14.8. The van der Waals surface area contributed by atoms with Crippen LogP contribution in [0.3, 0.4) is 0 Å². The molecule has 1 atom stereocenters. The number of hydrazine groups is 1. The van der Waals surface area contributed by atoms with Gasteiger partial charge in [0.2, 0.25) is 10.0 Å². The van der Waals surface area contributed by atoms with Gasteiger partial charge in [0.05, 0.1) is 11.4 Å². The number of hydrogen-bond acceptors (Lipinski definition) is 5. The van der Waals surface area contributed by atoms with Crippen LogP contribution in [0.15, 0.2) is 53.9 Å². The highest BCUT2D eigenvalue weighted by atomic mass is 32.2. The van der Waals surface area contributed by atoms with Gasteiger partial charge >= 0.3 is 0 Å². The molecular weight excluding hydrogens is 502 g/mol. The van der Waals surface area contributed by atoms with Crippen molar-refractivity contribution in [3.05, 3.63) is 88.1 Å². The van der Waals surface area contributed by atoms with Crippen LogP contribution in [-0.4, -0.2) is 36.3 Å². The zero-order valence-corrected chi connectivity index (χ0v) is 21.8. The van der Waals surface area contributed by atoms with E-state index in [9.17, 15) is 17.2 Å². The van der Waals surface area contributed by atoms with Gasteiger partial charge in [-0.05, 0) is 43.0 Å². The van der Waals surface area contributed by atoms with Crippen LogP contribution in [0.4, 0.5) is 8.78 Å². The van der Waals surface area contributed by atoms with Gasteiger partial charge in [-0.1, -0.05) is 43.7 Å². The standard InChI is InChI=1S/C26H30F2N4O2S2/c1-19(16-20-8-4-2-5-9-20)26-22(18-35)24(29-32(26)25-11-10-21(27)17-23(25)28)12-15-36(33,34)30-31-13-6-3-7-14-31/h2,4-5,8-12,15,17,19,30,35H,3,6-7,13-14,16,18H2,1H3/b15-12+. The summed E-state index contributed by atoms with van der Waals surface area (Å²) >= 11 is 4.50. The summed E-state index contributed by atoms with van der Waals surface area (Å²) in [6.45, 7) is 3.32. The van der Waals surface area contributed by atoms with Crippen molar-refractivity contribution in [3.63, 3.8) is 0 Å². The van der Waals surface area contributed by atoms with Crippen molar-refractivity contribution in [1.29, 1.82) is 0 Å². The number of hydrogen-bond donors (Lipinski definition) is 2. The van der Waals surface area contributed by atoms with E-state index in [2.05, 4.69) is 22.6 Å². The molecule has 1 aliphatic heterocycles. The zero-order chi connectivity index (χ0) is 25.7. The number of nitrogens with one attached hydrogen (secondary N) is 1. The summed E-state index contributed by atoms with van der Waals surface area (Å²) in [5, 5.41) is 7.34. The molecule has 1 N–H and O–H groups in total. The minimum absolute atomic E-state index is 0.0864. The maximum Gasteiger partial charge on any atom is 0.246 e. The lowest BCUT2D eigenvalue weighted by Crippen LogP contribution is -2.44. The molecule has 1 saturated heterocycles. The molecule has 0 amide bonds. The van der Waals surface area contributed by atoms with Gasteiger partial charge in [0, 0.05) is 41.8 Å². The van der Waals surface area contributed by atoms with Gasteiger partial charge in [0.1, 0.15) is 11.5 Å². The molecule has 0 radical (unpaired) electrons. The molecule has 0 bridgehead atoms. The Morgan fingerprint density at radius 2 is 1.83 bits per heavy atom. The topological polar surface area (TPSA) is 67.2 Å². The van der Waals surface area contributed by atoms with Gasteiger partial charge in [0.15, 0.2) is 5.82 Å². The van der Waals surface area contributed by atoms with Crippen LogP contribution in [0, 0.1) is 11.6 Å². The number of piperidine rings is 1. The lowest BCUT2D eigenvalue weighted by molar-refractivity contribution is 0.201. The minimum atomic E-state index is -3.76. The van der Waals surface area contributed by atoms with Crippen LogP contribution in [0.25, 0.3) is 11.8 Å². The summed E-state index contributed by atoms with van der Waals surface area (Å²) in [6.07, 6.45) is 5.02. The van der Waals surface area contributed by atoms with Crippen LogP contribution in [0.5, 0.6) is 0 Å². The second-order valence-corrected chi connectivity index (χ2v) is 10.9. The Morgan fingerprint density at radius 3 is 2.50 bits per heavy atom. The number of halogens is 2. The average Bonchev–Trinajstić information content (AvgIpc) is 3.22. The SMILES string of the molecule is CC(Cc1ccccc1)c1c(CS)c(/C=C/S(=O)(=O)NN2CCCCC2)nn1-c1ccc(F)cc1F. The first-order valence-corrected chi connectivity index (χ1v) is 14.1. The summed E-state index contributed by atoms with van der Waals surface area (Å²) in [4.78, 5) is 2.59. The Balaban J connectivity index is 1.73. The van der Waals surface area contributed by atoms with Crippen molar-refractivity contribution in [3.8, 4) is 5.69 Å². The Kier molecular flexibility index (Phi) is 8.61. The maximum atomic E-state index is 14.8. The van der Waals surface area contributed by atoms with Crippen molar-refractivity contribution in [2.24, 2.45) is 0 Å². The van der Waals surface area contributed by atoms with Crippen molar-refractivity contribution < 1.29 is 17.2 Å². The Hall–Kier alpha value is -2.53. The van der Waals surface area contributed by atoms with Crippen molar-refractivity contribution >= 4 is 28.7 Å². The molecule has 3 aromatic rings. The summed E-state index contributed by atoms with van der Waals surface area (Å²) < 4.78 is 55.3. The molecule has 1 fully saturated rings. The predicted molar refractivity (Wildman–Crippen MR) is 141 cm³/mol. The predicted octanol–water partition coefficient (Wildman–Crippen LogP) is 5.22. The van der Waals surface area contributed by atoms with E-state index >= 15 is 0 Å². The van der Waals surface area contributed by atoms with Gasteiger partial charge in [-0.25, -0.2) is 26.9 Å². The third-order valence-corrected chi connectivity index (χ3v) is 7.54. The van der Waals surface area contributed by atoms with E-state index in [0.29, 0.717) is 36.5 Å². The molecule has 1 unspecified atom stereocenters. The second-order valence-electron chi connectivity index (χ2n) is 8.99. The largest absolute Gasteiger partial charge is 0.246 e. The lowest BCUT2D eigenvalue weighted by Gasteiger charge is -2.25. The van der Waals surface area contributed by atoms with Crippen LogP contribution < -0.4 is 4.83 Å². The minimum Gasteiger partial charge on any atom is -0.234 e. The first kappa shape index (κ1) is 26.5. The van der Waals surface area contributed by atoms with Gasteiger partial charge in [-0.15, -0.1) is 4.83 Å². The molecule has 1 aliphatic rings. The molecule has 6 nitrogen and oxygen atoms in total. The van der Waals surface area contributed by atoms with Crippen LogP contribution in [-0.2, 0) is 22.2 Å². The second kappa shape index (κ2) is 11.7. The summed E-state index contributed by atoms with van der Waals surface area (Å²) in [6, 6.07) is 13.2. The Bertz CT molecular complexity index is 1320. The number of benzene rings is 2. The van der Waals surface area contributed by atoms with E-state index in [1.807, 2.05) is 37.3 Å². The summed E-state index contributed by atoms with van der Waals surface area (Å²) in [7, 11) is -3.76. The smallest absolute Gasteiger partial charge is 0.234 e. The highest BCUT2D eigenvalue weighted by Crippen LogP contribution is 2.31. The summed E-state index contributed by atoms with van der Waals surface area (Å²) in [5.41, 5.74) is 2.93. The molecule has 10 heteroatoms. The summed E-state index contributed by atoms with van der Waals surface area (Å²) in [5.74, 6) is -1.30. The fraction of sp³-hybridized carbons (Fsp3) is 0.346. The normalized spacial score (nSPS) is 16.0. The molecule has 0 saturated carbocycles. The molecule has 1 aromatic heterocycles.